The van der Waals surface area contributed by atoms with Crippen LogP contribution in [0.4, 0.5) is 5.69 Å². The highest BCUT2D eigenvalue weighted by Gasteiger charge is 2.28. The van der Waals surface area contributed by atoms with Crippen molar-refractivity contribution in [1.29, 1.82) is 0 Å². The number of carbonyl (C=O) groups excluding carboxylic acids is 1. The van der Waals surface area contributed by atoms with E-state index in [0.29, 0.717) is 12.2 Å². The van der Waals surface area contributed by atoms with Crippen LogP contribution in [-0.4, -0.2) is 28.8 Å². The molecule has 2 N–H and O–H groups in total. The minimum Gasteiger partial charge on any atom is -0.480 e. The quantitative estimate of drug-likeness (QED) is 0.686. The molecule has 6 heteroatoms. The van der Waals surface area contributed by atoms with Crippen molar-refractivity contribution in [3.63, 3.8) is 0 Å². The molecule has 1 heterocycles. The zero-order valence-corrected chi connectivity index (χ0v) is 15.0. The third-order valence-electron chi connectivity index (χ3n) is 4.24. The number of benzene rings is 2. The number of allylic oxidation sites excluding steroid dienone is 1. The molecule has 1 atom stereocenters. The van der Waals surface area contributed by atoms with Crippen molar-refractivity contribution in [3.05, 3.63) is 77.6 Å². The minimum atomic E-state index is -1.00. The van der Waals surface area contributed by atoms with Gasteiger partial charge in [0.1, 0.15) is 11.9 Å². The number of carboxylic acids is 1. The van der Waals surface area contributed by atoms with E-state index in [1.807, 2.05) is 60.7 Å². The summed E-state index contributed by atoms with van der Waals surface area (Å²) in [4.78, 5) is 26.0. The lowest BCUT2D eigenvalue weighted by atomic mass is 10.0. The standard InChI is InChI=1S/C20H20N2O3S/c23-19(12-14-6-2-1-3-7-14)22-17-9-5-4-8-15(17)10-11-18(22)21-16(13-26)20(24)25/h1-9,11,16,21,26H,10,12-13H2,(H,24,25)/t16-/m1/s1. The van der Waals surface area contributed by atoms with Crippen LogP contribution in [-0.2, 0) is 22.4 Å². The first kappa shape index (κ1) is 18.1. The molecule has 26 heavy (non-hydrogen) atoms. The van der Waals surface area contributed by atoms with Gasteiger partial charge in [-0.3, -0.25) is 9.69 Å². The third-order valence-corrected chi connectivity index (χ3v) is 4.60. The number of amides is 1. The summed E-state index contributed by atoms with van der Waals surface area (Å²) in [6.45, 7) is 0. The Morgan fingerprint density at radius 2 is 1.81 bits per heavy atom. The number of rotatable bonds is 6. The summed E-state index contributed by atoms with van der Waals surface area (Å²) in [6, 6.07) is 16.3. The predicted octanol–water partition coefficient (Wildman–Crippen LogP) is 2.63. The zero-order valence-electron chi connectivity index (χ0n) is 14.1. The first-order chi connectivity index (χ1) is 12.6. The summed E-state index contributed by atoms with van der Waals surface area (Å²) in [5.41, 5.74) is 2.71. The fourth-order valence-corrected chi connectivity index (χ4v) is 3.18. The van der Waals surface area contributed by atoms with Gasteiger partial charge in [-0.05, 0) is 29.7 Å². The largest absolute Gasteiger partial charge is 0.480 e. The molecule has 0 bridgehead atoms. The van der Waals surface area contributed by atoms with Crippen LogP contribution in [0.25, 0.3) is 0 Å². The van der Waals surface area contributed by atoms with Gasteiger partial charge in [0, 0.05) is 5.75 Å². The lowest BCUT2D eigenvalue weighted by Gasteiger charge is -2.32. The molecule has 3 rings (SSSR count). The van der Waals surface area contributed by atoms with Crippen LogP contribution >= 0.6 is 12.6 Å². The van der Waals surface area contributed by atoms with Gasteiger partial charge in [-0.2, -0.15) is 12.6 Å². The first-order valence-corrected chi connectivity index (χ1v) is 8.98. The van der Waals surface area contributed by atoms with E-state index in [-0.39, 0.29) is 18.1 Å². The molecule has 0 aromatic heterocycles. The number of hydrogen-bond acceptors (Lipinski definition) is 4. The Balaban J connectivity index is 1.92. The molecule has 2 aromatic rings. The maximum atomic E-state index is 13.1. The summed E-state index contributed by atoms with van der Waals surface area (Å²) in [6.07, 6.45) is 2.71. The summed E-state index contributed by atoms with van der Waals surface area (Å²) in [5.74, 6) is -0.513. The van der Waals surface area contributed by atoms with E-state index in [9.17, 15) is 14.7 Å². The van der Waals surface area contributed by atoms with E-state index in [0.717, 1.165) is 16.8 Å². The fourth-order valence-electron chi connectivity index (χ4n) is 2.93. The number of nitrogens with one attached hydrogen (secondary N) is 1. The van der Waals surface area contributed by atoms with Gasteiger partial charge in [0.05, 0.1) is 12.1 Å². The van der Waals surface area contributed by atoms with E-state index < -0.39 is 12.0 Å². The van der Waals surface area contributed by atoms with Crippen molar-refractivity contribution in [2.75, 3.05) is 10.7 Å². The SMILES string of the molecule is O=C(O)[C@@H](CS)NC1=CCc2ccccc2N1C(=O)Cc1ccccc1. The molecule has 0 spiro atoms. The van der Waals surface area contributed by atoms with Crippen molar-refractivity contribution < 1.29 is 14.7 Å². The second kappa shape index (κ2) is 8.10. The van der Waals surface area contributed by atoms with E-state index in [2.05, 4.69) is 17.9 Å². The van der Waals surface area contributed by atoms with Gasteiger partial charge in [-0.1, -0.05) is 48.5 Å². The van der Waals surface area contributed by atoms with Crippen LogP contribution in [0.2, 0.25) is 0 Å². The molecule has 0 aliphatic carbocycles. The molecule has 134 valence electrons. The molecule has 5 nitrogen and oxygen atoms in total. The number of nitrogens with zero attached hydrogens (tertiary/aromatic N) is 1. The van der Waals surface area contributed by atoms with Gasteiger partial charge in [-0.15, -0.1) is 0 Å². The van der Waals surface area contributed by atoms with Crippen molar-refractivity contribution in [2.24, 2.45) is 0 Å². The Hall–Kier alpha value is -2.73. The lowest BCUT2D eigenvalue weighted by Crippen LogP contribution is -2.46. The van der Waals surface area contributed by atoms with Crippen molar-refractivity contribution in [3.8, 4) is 0 Å². The second-order valence-corrected chi connectivity index (χ2v) is 6.40. The first-order valence-electron chi connectivity index (χ1n) is 8.35. The maximum absolute atomic E-state index is 13.1. The number of para-hydroxylation sites is 1. The normalized spacial score (nSPS) is 14.2. The summed E-state index contributed by atoms with van der Waals surface area (Å²) in [7, 11) is 0. The Morgan fingerprint density at radius 3 is 2.50 bits per heavy atom. The number of anilines is 1. The van der Waals surface area contributed by atoms with Gasteiger partial charge in [0.2, 0.25) is 5.91 Å². The summed E-state index contributed by atoms with van der Waals surface area (Å²) >= 11 is 4.10. The molecule has 1 amide bonds. The van der Waals surface area contributed by atoms with Crippen LogP contribution in [0.1, 0.15) is 11.1 Å². The molecule has 0 saturated carbocycles. The average molecular weight is 368 g/mol. The van der Waals surface area contributed by atoms with Crippen molar-refractivity contribution in [2.45, 2.75) is 18.9 Å². The van der Waals surface area contributed by atoms with Gasteiger partial charge < -0.3 is 10.4 Å². The number of carboxylic acid groups (broad SMARTS) is 1. The number of aliphatic carboxylic acids is 1. The highest BCUT2D eigenvalue weighted by Crippen LogP contribution is 2.29. The number of fused-ring (bicyclic) bond motifs is 1. The van der Waals surface area contributed by atoms with Crippen LogP contribution in [0.15, 0.2) is 66.5 Å². The maximum Gasteiger partial charge on any atom is 0.327 e. The topological polar surface area (TPSA) is 69.6 Å². The van der Waals surface area contributed by atoms with E-state index in [1.165, 1.54) is 0 Å². The van der Waals surface area contributed by atoms with Crippen molar-refractivity contribution >= 4 is 30.2 Å². The zero-order chi connectivity index (χ0) is 18.5. The number of thiol groups is 1. The predicted molar refractivity (Wildman–Crippen MR) is 104 cm³/mol. The molecule has 1 aliphatic rings. The van der Waals surface area contributed by atoms with Crippen LogP contribution in [0, 0.1) is 0 Å². The molecule has 0 radical (unpaired) electrons. The molecule has 2 aromatic carbocycles. The second-order valence-electron chi connectivity index (χ2n) is 6.03. The minimum absolute atomic E-state index is 0.120. The molecule has 0 saturated heterocycles. The number of carbonyl (C=O) groups is 2. The summed E-state index contributed by atoms with van der Waals surface area (Å²) in [5, 5.41) is 12.3. The van der Waals surface area contributed by atoms with E-state index in [1.54, 1.807) is 4.90 Å². The van der Waals surface area contributed by atoms with Gasteiger partial charge in [0.25, 0.3) is 0 Å². The highest BCUT2D eigenvalue weighted by molar-refractivity contribution is 7.80. The van der Waals surface area contributed by atoms with Gasteiger partial charge >= 0.3 is 5.97 Å². The number of hydrogen-bond donors (Lipinski definition) is 3. The molecular formula is C20H20N2O3S. The Bertz CT molecular complexity index is 836. The van der Waals surface area contributed by atoms with Crippen LogP contribution in [0.3, 0.4) is 0 Å². The van der Waals surface area contributed by atoms with Gasteiger partial charge in [0.15, 0.2) is 0 Å². The van der Waals surface area contributed by atoms with Gasteiger partial charge in [-0.25, -0.2) is 4.79 Å². The fraction of sp³-hybridized carbons (Fsp3) is 0.200. The Labute approximate surface area is 157 Å². The lowest BCUT2D eigenvalue weighted by molar-refractivity contribution is -0.138. The Morgan fingerprint density at radius 1 is 1.12 bits per heavy atom. The van der Waals surface area contributed by atoms with Crippen LogP contribution < -0.4 is 10.2 Å². The van der Waals surface area contributed by atoms with Crippen LogP contribution in [0.5, 0.6) is 0 Å². The summed E-state index contributed by atoms with van der Waals surface area (Å²) < 4.78 is 0. The molecule has 0 fully saturated rings. The molecule has 0 unspecified atom stereocenters. The monoisotopic (exact) mass is 368 g/mol. The third kappa shape index (κ3) is 3.91. The highest BCUT2D eigenvalue weighted by atomic mass is 32.1. The Kier molecular flexibility index (Phi) is 5.63. The van der Waals surface area contributed by atoms with E-state index in [4.69, 9.17) is 0 Å². The van der Waals surface area contributed by atoms with E-state index >= 15 is 0 Å². The average Bonchev–Trinajstić information content (AvgIpc) is 2.66. The smallest absolute Gasteiger partial charge is 0.327 e. The molecular weight excluding hydrogens is 348 g/mol. The van der Waals surface area contributed by atoms with Crippen molar-refractivity contribution in [1.82, 2.24) is 5.32 Å². The molecule has 1 aliphatic heterocycles.